The van der Waals surface area contributed by atoms with E-state index in [9.17, 15) is 22.4 Å². The highest BCUT2D eigenvalue weighted by Gasteiger charge is 2.30. The quantitative estimate of drug-likeness (QED) is 0.424. The highest BCUT2D eigenvalue weighted by Crippen LogP contribution is 2.34. The Hall–Kier alpha value is -2.69. The third-order valence-electron chi connectivity index (χ3n) is 3.84. The summed E-state index contributed by atoms with van der Waals surface area (Å²) < 4.78 is 51.6. The van der Waals surface area contributed by atoms with Crippen molar-refractivity contribution in [1.82, 2.24) is 0 Å². The second-order valence-corrected chi connectivity index (χ2v) is 5.52. The van der Waals surface area contributed by atoms with Gasteiger partial charge in [-0.05, 0) is 65.2 Å². The van der Waals surface area contributed by atoms with Crippen LogP contribution in [0.4, 0.5) is 17.6 Å². The van der Waals surface area contributed by atoms with Crippen LogP contribution >= 0.6 is 0 Å². The third kappa shape index (κ3) is 3.02. The standard InChI is InChI=1S/C19H12F4O/c1-11(24)13-8-14-9-16(20)6-7-17(14)18(10-13)12-2-4-15(5-3-12)19(21,22)23/h2-10H,1H3. The first-order chi connectivity index (χ1) is 11.3. The molecule has 122 valence electrons. The Bertz CT molecular complexity index is 924. The molecule has 5 heteroatoms. The van der Waals surface area contributed by atoms with Gasteiger partial charge in [0, 0.05) is 5.56 Å². The van der Waals surface area contributed by atoms with E-state index in [4.69, 9.17) is 0 Å². The third-order valence-corrected chi connectivity index (χ3v) is 3.84. The maximum Gasteiger partial charge on any atom is 0.416 e. The summed E-state index contributed by atoms with van der Waals surface area (Å²) in [6.45, 7) is 1.39. The van der Waals surface area contributed by atoms with Crippen molar-refractivity contribution in [3.05, 3.63) is 71.5 Å². The normalized spacial score (nSPS) is 11.7. The van der Waals surface area contributed by atoms with E-state index in [0.717, 1.165) is 12.1 Å². The van der Waals surface area contributed by atoms with Gasteiger partial charge in [0.1, 0.15) is 5.82 Å². The monoisotopic (exact) mass is 332 g/mol. The molecule has 0 spiro atoms. The van der Waals surface area contributed by atoms with E-state index in [1.807, 2.05) is 0 Å². The van der Waals surface area contributed by atoms with Crippen molar-refractivity contribution in [3.63, 3.8) is 0 Å². The summed E-state index contributed by atoms with van der Waals surface area (Å²) in [6.07, 6.45) is -4.41. The Morgan fingerprint density at radius 3 is 2.17 bits per heavy atom. The highest BCUT2D eigenvalue weighted by atomic mass is 19.4. The Labute approximate surface area is 135 Å². The number of fused-ring (bicyclic) bond motifs is 1. The molecule has 0 heterocycles. The van der Waals surface area contributed by atoms with Gasteiger partial charge in [0.25, 0.3) is 0 Å². The number of ketones is 1. The van der Waals surface area contributed by atoms with Crippen LogP contribution in [-0.2, 0) is 6.18 Å². The Morgan fingerprint density at radius 1 is 0.917 bits per heavy atom. The zero-order valence-electron chi connectivity index (χ0n) is 12.6. The largest absolute Gasteiger partial charge is 0.416 e. The van der Waals surface area contributed by atoms with Gasteiger partial charge in [-0.25, -0.2) is 4.39 Å². The smallest absolute Gasteiger partial charge is 0.295 e. The number of benzene rings is 3. The Kier molecular flexibility index (Phi) is 3.87. The summed E-state index contributed by atoms with van der Waals surface area (Å²) in [4.78, 5) is 11.7. The lowest BCUT2D eigenvalue weighted by molar-refractivity contribution is -0.137. The zero-order chi connectivity index (χ0) is 17.5. The molecule has 0 radical (unpaired) electrons. The van der Waals surface area contributed by atoms with E-state index in [1.165, 1.54) is 31.2 Å². The molecule has 0 saturated heterocycles. The molecule has 0 atom stereocenters. The second kappa shape index (κ2) is 5.74. The first-order valence-corrected chi connectivity index (χ1v) is 7.17. The van der Waals surface area contributed by atoms with Crippen molar-refractivity contribution < 1.29 is 22.4 Å². The summed E-state index contributed by atoms with van der Waals surface area (Å²) in [6, 6.07) is 12.0. The highest BCUT2D eigenvalue weighted by molar-refractivity contribution is 6.04. The van der Waals surface area contributed by atoms with E-state index in [1.54, 1.807) is 18.2 Å². The molecule has 0 bridgehead atoms. The fourth-order valence-electron chi connectivity index (χ4n) is 2.62. The van der Waals surface area contributed by atoms with E-state index in [0.29, 0.717) is 27.5 Å². The van der Waals surface area contributed by atoms with Gasteiger partial charge in [-0.3, -0.25) is 4.79 Å². The van der Waals surface area contributed by atoms with Crippen LogP contribution in [0.5, 0.6) is 0 Å². The van der Waals surface area contributed by atoms with Gasteiger partial charge in [0.15, 0.2) is 5.78 Å². The van der Waals surface area contributed by atoms with E-state index in [-0.39, 0.29) is 5.78 Å². The van der Waals surface area contributed by atoms with Gasteiger partial charge in [-0.1, -0.05) is 18.2 Å². The topological polar surface area (TPSA) is 17.1 Å². The van der Waals surface area contributed by atoms with Crippen LogP contribution in [0.3, 0.4) is 0 Å². The van der Waals surface area contributed by atoms with Crippen LogP contribution in [0.15, 0.2) is 54.6 Å². The number of halogens is 4. The molecule has 3 rings (SSSR count). The number of hydrogen-bond acceptors (Lipinski definition) is 1. The Balaban J connectivity index is 2.22. The van der Waals surface area contributed by atoms with Gasteiger partial charge < -0.3 is 0 Å². The van der Waals surface area contributed by atoms with E-state index in [2.05, 4.69) is 0 Å². The lowest BCUT2D eigenvalue weighted by Crippen LogP contribution is -2.04. The van der Waals surface area contributed by atoms with Crippen LogP contribution in [0, 0.1) is 5.82 Å². The van der Waals surface area contributed by atoms with Gasteiger partial charge in [0.05, 0.1) is 5.56 Å². The van der Waals surface area contributed by atoms with Crippen molar-refractivity contribution in [2.24, 2.45) is 0 Å². The fraction of sp³-hybridized carbons (Fsp3) is 0.105. The average molecular weight is 332 g/mol. The Morgan fingerprint density at radius 2 is 1.58 bits per heavy atom. The van der Waals surface area contributed by atoms with E-state index >= 15 is 0 Å². The summed E-state index contributed by atoms with van der Waals surface area (Å²) in [5.74, 6) is -0.643. The molecular weight excluding hydrogens is 320 g/mol. The molecule has 3 aromatic rings. The van der Waals surface area contributed by atoms with Crippen molar-refractivity contribution >= 4 is 16.6 Å². The number of Topliss-reactive ketones (excluding diaryl/α,β-unsaturated/α-hetero) is 1. The molecule has 24 heavy (non-hydrogen) atoms. The van der Waals surface area contributed by atoms with Crippen molar-refractivity contribution in [3.8, 4) is 11.1 Å². The molecule has 0 aromatic heterocycles. The number of carbonyl (C=O) groups excluding carboxylic acids is 1. The van der Waals surface area contributed by atoms with Crippen LogP contribution in [0.25, 0.3) is 21.9 Å². The van der Waals surface area contributed by atoms with Crippen molar-refractivity contribution in [2.45, 2.75) is 13.1 Å². The molecule has 0 aliphatic carbocycles. The summed E-state index contributed by atoms with van der Waals surface area (Å²) in [5.41, 5.74) is 0.751. The molecule has 0 aliphatic heterocycles. The molecule has 0 fully saturated rings. The minimum Gasteiger partial charge on any atom is -0.295 e. The van der Waals surface area contributed by atoms with Gasteiger partial charge in [-0.2, -0.15) is 13.2 Å². The maximum atomic E-state index is 13.5. The van der Waals surface area contributed by atoms with Gasteiger partial charge in [-0.15, -0.1) is 0 Å². The predicted molar refractivity (Wildman–Crippen MR) is 84.3 cm³/mol. The number of carbonyl (C=O) groups is 1. The van der Waals surface area contributed by atoms with Gasteiger partial charge in [0.2, 0.25) is 0 Å². The minimum absolute atomic E-state index is 0.200. The fourth-order valence-corrected chi connectivity index (χ4v) is 2.62. The molecular formula is C19H12F4O. The average Bonchev–Trinajstić information content (AvgIpc) is 2.52. The van der Waals surface area contributed by atoms with Gasteiger partial charge >= 0.3 is 6.18 Å². The first kappa shape index (κ1) is 16.2. The lowest BCUT2D eigenvalue weighted by atomic mass is 9.94. The first-order valence-electron chi connectivity index (χ1n) is 7.17. The van der Waals surface area contributed by atoms with Crippen LogP contribution in [-0.4, -0.2) is 5.78 Å². The van der Waals surface area contributed by atoms with Crippen molar-refractivity contribution in [2.75, 3.05) is 0 Å². The molecule has 0 N–H and O–H groups in total. The van der Waals surface area contributed by atoms with Crippen molar-refractivity contribution in [1.29, 1.82) is 0 Å². The minimum atomic E-state index is -4.41. The van der Waals surface area contributed by atoms with Crippen LogP contribution in [0.2, 0.25) is 0 Å². The lowest BCUT2D eigenvalue weighted by Gasteiger charge is -2.11. The maximum absolute atomic E-state index is 13.5. The molecule has 1 nitrogen and oxygen atoms in total. The SMILES string of the molecule is CC(=O)c1cc(-c2ccc(C(F)(F)F)cc2)c2ccc(F)cc2c1. The van der Waals surface area contributed by atoms with E-state index < -0.39 is 17.6 Å². The predicted octanol–water partition coefficient (Wildman–Crippen LogP) is 5.87. The molecule has 0 aliphatic rings. The van der Waals surface area contributed by atoms with Crippen LogP contribution < -0.4 is 0 Å². The second-order valence-electron chi connectivity index (χ2n) is 5.52. The number of hydrogen-bond donors (Lipinski definition) is 0. The number of alkyl halides is 3. The van der Waals surface area contributed by atoms with Crippen LogP contribution in [0.1, 0.15) is 22.8 Å². The summed E-state index contributed by atoms with van der Waals surface area (Å²) >= 11 is 0. The zero-order valence-corrected chi connectivity index (χ0v) is 12.6. The summed E-state index contributed by atoms with van der Waals surface area (Å²) in [5, 5.41) is 1.19. The molecule has 0 saturated carbocycles. The molecule has 0 unspecified atom stereocenters. The summed E-state index contributed by atoms with van der Waals surface area (Å²) in [7, 11) is 0. The molecule has 3 aromatic carbocycles. The number of rotatable bonds is 2. The molecule has 0 amide bonds.